The Morgan fingerprint density at radius 3 is 2.39 bits per heavy atom. The third-order valence-corrected chi connectivity index (χ3v) is 6.65. The first-order valence-corrected chi connectivity index (χ1v) is 11.3. The highest BCUT2D eigenvalue weighted by Crippen LogP contribution is 2.26. The van der Waals surface area contributed by atoms with E-state index in [0.29, 0.717) is 11.4 Å². The van der Waals surface area contributed by atoms with E-state index in [4.69, 9.17) is 9.15 Å². The van der Waals surface area contributed by atoms with Crippen molar-refractivity contribution in [3.8, 4) is 0 Å². The van der Waals surface area contributed by atoms with Gasteiger partial charge in [0.1, 0.15) is 12.4 Å². The summed E-state index contributed by atoms with van der Waals surface area (Å²) in [6.07, 6.45) is 0.521. The van der Waals surface area contributed by atoms with E-state index in [9.17, 15) is 13.5 Å². The van der Waals surface area contributed by atoms with Crippen LogP contribution in [0.25, 0.3) is 10.8 Å². The number of hydrogen-bond donors (Lipinski definition) is 1. The predicted molar refractivity (Wildman–Crippen MR) is 119 cm³/mol. The summed E-state index contributed by atoms with van der Waals surface area (Å²) < 4.78 is 39.0. The fourth-order valence-electron chi connectivity index (χ4n) is 3.33. The Kier molecular flexibility index (Phi) is 6.36. The van der Waals surface area contributed by atoms with Gasteiger partial charge in [-0.1, -0.05) is 48.5 Å². The number of sulfonamides is 1. The van der Waals surface area contributed by atoms with Gasteiger partial charge in [-0.05, 0) is 47.2 Å². The minimum Gasteiger partial charge on any atom is -0.467 e. The molecule has 0 bridgehead atoms. The number of rotatable bonds is 9. The summed E-state index contributed by atoms with van der Waals surface area (Å²) in [6.45, 7) is 0.0292. The van der Waals surface area contributed by atoms with Gasteiger partial charge in [0.25, 0.3) is 10.0 Å². The molecule has 0 fully saturated rings. The van der Waals surface area contributed by atoms with Crippen molar-refractivity contribution < 1.29 is 22.7 Å². The third-order valence-electron chi connectivity index (χ3n) is 4.86. The van der Waals surface area contributed by atoms with Crippen molar-refractivity contribution >= 4 is 26.5 Å². The van der Waals surface area contributed by atoms with Crippen LogP contribution in [0.15, 0.2) is 101 Å². The van der Waals surface area contributed by atoms with Crippen LogP contribution in [0.2, 0.25) is 0 Å². The molecule has 0 saturated carbocycles. The minimum atomic E-state index is -3.91. The summed E-state index contributed by atoms with van der Waals surface area (Å²) in [5.41, 5.74) is 0.473. The largest absolute Gasteiger partial charge is 0.467 e. The van der Waals surface area contributed by atoms with Crippen molar-refractivity contribution in [2.75, 3.05) is 17.5 Å². The van der Waals surface area contributed by atoms with E-state index in [1.807, 2.05) is 30.3 Å². The zero-order chi connectivity index (χ0) is 21.7. The van der Waals surface area contributed by atoms with Crippen LogP contribution in [0.3, 0.4) is 0 Å². The summed E-state index contributed by atoms with van der Waals surface area (Å²) in [6, 6.07) is 24.9. The van der Waals surface area contributed by atoms with Gasteiger partial charge in [-0.2, -0.15) is 0 Å². The first-order valence-electron chi connectivity index (χ1n) is 9.89. The Morgan fingerprint density at radius 2 is 1.65 bits per heavy atom. The molecule has 0 aliphatic heterocycles. The molecule has 0 amide bonds. The van der Waals surface area contributed by atoms with E-state index in [1.165, 1.54) is 4.31 Å². The Bertz CT molecular complexity index is 1220. The SMILES string of the molecule is O=S(=O)(c1ccc2ccccc2c1)N(C[C@@H](O)COCc1ccco1)c1ccccc1. The smallest absolute Gasteiger partial charge is 0.264 e. The second-order valence-electron chi connectivity index (χ2n) is 7.13. The van der Waals surface area contributed by atoms with E-state index in [1.54, 1.807) is 60.9 Å². The quantitative estimate of drug-likeness (QED) is 0.424. The Balaban J connectivity index is 1.57. The molecule has 4 aromatic rings. The summed E-state index contributed by atoms with van der Waals surface area (Å²) in [7, 11) is -3.91. The molecule has 3 aromatic carbocycles. The topological polar surface area (TPSA) is 80.0 Å². The molecule has 6 nitrogen and oxygen atoms in total. The van der Waals surface area contributed by atoms with Crippen molar-refractivity contribution in [3.05, 3.63) is 97.0 Å². The highest BCUT2D eigenvalue weighted by Gasteiger charge is 2.27. The van der Waals surface area contributed by atoms with Crippen molar-refractivity contribution in [1.82, 2.24) is 0 Å². The van der Waals surface area contributed by atoms with Crippen LogP contribution in [0.4, 0.5) is 5.69 Å². The van der Waals surface area contributed by atoms with Gasteiger partial charge in [0.05, 0.1) is 36.1 Å². The van der Waals surface area contributed by atoms with Gasteiger partial charge < -0.3 is 14.3 Å². The number of ether oxygens (including phenoxy) is 1. The summed E-state index contributed by atoms with van der Waals surface area (Å²) in [4.78, 5) is 0.166. The lowest BCUT2D eigenvalue weighted by Gasteiger charge is -2.27. The number of furan rings is 1. The molecule has 0 radical (unpaired) electrons. The maximum atomic E-state index is 13.5. The molecule has 1 atom stereocenters. The predicted octanol–water partition coefficient (Wildman–Crippen LogP) is 4.21. The lowest BCUT2D eigenvalue weighted by atomic mass is 10.1. The molecule has 4 rings (SSSR count). The highest BCUT2D eigenvalue weighted by molar-refractivity contribution is 7.92. The number of anilines is 1. The summed E-state index contributed by atoms with van der Waals surface area (Å²) in [5, 5.41) is 12.3. The van der Waals surface area contributed by atoms with Gasteiger partial charge in [0.2, 0.25) is 0 Å². The van der Waals surface area contributed by atoms with Gasteiger partial charge in [0, 0.05) is 0 Å². The molecule has 1 heterocycles. The number of fused-ring (bicyclic) bond motifs is 1. The average Bonchev–Trinajstić information content (AvgIpc) is 3.31. The third kappa shape index (κ3) is 4.96. The second-order valence-corrected chi connectivity index (χ2v) is 8.99. The van der Waals surface area contributed by atoms with E-state index in [2.05, 4.69) is 0 Å². The molecular weight excluding hydrogens is 414 g/mol. The van der Waals surface area contributed by atoms with Crippen LogP contribution in [0, 0.1) is 0 Å². The molecule has 0 unspecified atom stereocenters. The zero-order valence-electron chi connectivity index (χ0n) is 16.8. The van der Waals surface area contributed by atoms with Gasteiger partial charge in [-0.15, -0.1) is 0 Å². The molecule has 0 aliphatic carbocycles. The van der Waals surface area contributed by atoms with E-state index < -0.39 is 16.1 Å². The van der Waals surface area contributed by atoms with Crippen molar-refractivity contribution in [1.29, 1.82) is 0 Å². The fraction of sp³-hybridized carbons (Fsp3) is 0.167. The van der Waals surface area contributed by atoms with E-state index in [0.717, 1.165) is 10.8 Å². The van der Waals surface area contributed by atoms with E-state index >= 15 is 0 Å². The van der Waals surface area contributed by atoms with Crippen LogP contribution < -0.4 is 4.31 Å². The number of nitrogens with zero attached hydrogens (tertiary/aromatic N) is 1. The van der Waals surface area contributed by atoms with Crippen molar-refractivity contribution in [3.63, 3.8) is 0 Å². The molecule has 0 saturated heterocycles. The Hall–Kier alpha value is -3.13. The van der Waals surface area contributed by atoms with Gasteiger partial charge in [0.15, 0.2) is 0 Å². The molecule has 160 valence electrons. The van der Waals surface area contributed by atoms with Crippen LogP contribution >= 0.6 is 0 Å². The normalized spacial score (nSPS) is 12.7. The number of aliphatic hydroxyl groups is 1. The Labute approximate surface area is 181 Å². The van der Waals surface area contributed by atoms with Crippen molar-refractivity contribution in [2.24, 2.45) is 0 Å². The number of aliphatic hydroxyl groups excluding tert-OH is 1. The number of benzene rings is 3. The lowest BCUT2D eigenvalue weighted by Crippen LogP contribution is -2.39. The first kappa shape index (κ1) is 21.1. The number of para-hydroxylation sites is 1. The summed E-state index contributed by atoms with van der Waals surface area (Å²) >= 11 is 0. The first-order chi connectivity index (χ1) is 15.0. The molecule has 0 aliphatic rings. The minimum absolute atomic E-state index is 0.0305. The van der Waals surface area contributed by atoms with Gasteiger partial charge >= 0.3 is 0 Å². The highest BCUT2D eigenvalue weighted by atomic mass is 32.2. The average molecular weight is 438 g/mol. The molecule has 0 spiro atoms. The molecule has 1 N–H and O–H groups in total. The second kappa shape index (κ2) is 9.34. The molecule has 1 aromatic heterocycles. The fourth-order valence-corrected chi connectivity index (χ4v) is 4.86. The van der Waals surface area contributed by atoms with Crippen LogP contribution in [0.5, 0.6) is 0 Å². The van der Waals surface area contributed by atoms with Crippen LogP contribution in [-0.2, 0) is 21.4 Å². The molecule has 7 heteroatoms. The molecular formula is C24H23NO5S. The maximum Gasteiger partial charge on any atom is 0.264 e. The number of hydrogen-bond acceptors (Lipinski definition) is 5. The van der Waals surface area contributed by atoms with E-state index in [-0.39, 0.29) is 24.7 Å². The monoisotopic (exact) mass is 437 g/mol. The maximum absolute atomic E-state index is 13.5. The summed E-state index contributed by atoms with van der Waals surface area (Å²) in [5.74, 6) is 0.635. The molecule has 31 heavy (non-hydrogen) atoms. The Morgan fingerprint density at radius 1 is 0.903 bits per heavy atom. The van der Waals surface area contributed by atoms with Crippen LogP contribution in [0.1, 0.15) is 5.76 Å². The van der Waals surface area contributed by atoms with Gasteiger partial charge in [-0.3, -0.25) is 4.31 Å². The standard InChI is InChI=1S/C24H23NO5S/c26-22(17-29-18-23-11-6-14-30-23)16-25(21-9-2-1-3-10-21)31(27,28)24-13-12-19-7-4-5-8-20(19)15-24/h1-15,22,26H,16-18H2/t22-/m1/s1. The van der Waals surface area contributed by atoms with Gasteiger partial charge in [-0.25, -0.2) is 8.42 Å². The van der Waals surface area contributed by atoms with Crippen molar-refractivity contribution in [2.45, 2.75) is 17.6 Å². The lowest BCUT2D eigenvalue weighted by molar-refractivity contribution is 0.0269. The van der Waals surface area contributed by atoms with Crippen LogP contribution in [-0.4, -0.2) is 32.8 Å². The zero-order valence-corrected chi connectivity index (χ0v) is 17.6.